The number of rotatable bonds is 14. The molecule has 304 valence electrons. The number of hydrazine groups is 1. The number of nitrogens with one attached hydrogen (secondary N) is 7. The van der Waals surface area contributed by atoms with Crippen molar-refractivity contribution in [3.63, 3.8) is 0 Å². The van der Waals surface area contributed by atoms with E-state index in [4.69, 9.17) is 17.3 Å². The molecule has 0 spiro atoms. The lowest BCUT2D eigenvalue weighted by atomic mass is 9.99. The second kappa shape index (κ2) is 23.4. The molecule has 1 fully saturated rings. The summed E-state index contributed by atoms with van der Waals surface area (Å²) in [5, 5.41) is 44.5. The Labute approximate surface area is 315 Å². The van der Waals surface area contributed by atoms with E-state index in [1.807, 2.05) is 5.43 Å². The van der Waals surface area contributed by atoms with E-state index in [0.29, 0.717) is 5.56 Å². The lowest BCUT2D eigenvalue weighted by molar-refractivity contribution is -0.140. The molecule has 1 heterocycles. The molecule has 1 aliphatic heterocycles. The fourth-order valence-corrected chi connectivity index (χ4v) is 5.40. The summed E-state index contributed by atoms with van der Waals surface area (Å²) in [6, 6.07) is -2.49. The molecule has 7 atom stereocenters. The lowest BCUT2D eigenvalue weighted by Gasteiger charge is -2.27. The van der Waals surface area contributed by atoms with Crippen molar-refractivity contribution in [2.45, 2.75) is 87.2 Å². The van der Waals surface area contributed by atoms with Gasteiger partial charge < -0.3 is 53.4 Å². The van der Waals surface area contributed by atoms with Gasteiger partial charge in [0.25, 0.3) is 0 Å². The fourth-order valence-electron chi connectivity index (χ4n) is 5.40. The van der Waals surface area contributed by atoms with Gasteiger partial charge in [0.15, 0.2) is 0 Å². The molecular weight excluding hydrogens is 728 g/mol. The number of amides is 7. The number of hydrogen-bond acceptors (Lipinski definition) is 15. The van der Waals surface area contributed by atoms with Gasteiger partial charge >= 0.3 is 0 Å². The first-order chi connectivity index (χ1) is 26.1. The zero-order valence-electron chi connectivity index (χ0n) is 30.0. The van der Waals surface area contributed by atoms with E-state index < -0.39 is 121 Å². The Hall–Kier alpha value is -5.39. The molecule has 0 aliphatic carbocycles. The van der Waals surface area contributed by atoms with Crippen molar-refractivity contribution in [1.29, 1.82) is 0 Å². The molecule has 22 heteroatoms. The zero-order chi connectivity index (χ0) is 41.1. The number of primary amides is 2. The van der Waals surface area contributed by atoms with Gasteiger partial charge in [-0.3, -0.25) is 54.3 Å². The predicted molar refractivity (Wildman–Crippen MR) is 190 cm³/mol. The van der Waals surface area contributed by atoms with E-state index in [2.05, 4.69) is 31.9 Å². The molecule has 0 bridgehead atoms. The van der Waals surface area contributed by atoms with Crippen LogP contribution in [0.15, 0.2) is 30.3 Å². The third-order valence-electron chi connectivity index (χ3n) is 8.49. The second-order valence-corrected chi connectivity index (χ2v) is 12.7. The van der Waals surface area contributed by atoms with Gasteiger partial charge in [-0.25, -0.2) is 5.43 Å². The summed E-state index contributed by atoms with van der Waals surface area (Å²) in [5.41, 5.74) is 13.2. The molecular formula is C33H50N10O12. The number of ketones is 2. The van der Waals surface area contributed by atoms with Crippen LogP contribution in [0, 0.1) is 0 Å². The Morgan fingerprint density at radius 2 is 1.31 bits per heavy atom. The smallest absolute Gasteiger partial charge is 0.245 e. The largest absolute Gasteiger partial charge is 0.394 e. The van der Waals surface area contributed by atoms with Crippen LogP contribution in [0.25, 0.3) is 0 Å². The van der Waals surface area contributed by atoms with Crippen molar-refractivity contribution >= 4 is 52.9 Å². The minimum atomic E-state index is -1.75. The van der Waals surface area contributed by atoms with Crippen molar-refractivity contribution < 1.29 is 58.5 Å². The molecule has 16 N–H and O–H groups in total. The summed E-state index contributed by atoms with van der Waals surface area (Å²) in [7, 11) is 0. The number of benzene rings is 1. The van der Waals surface area contributed by atoms with Gasteiger partial charge in [-0.15, -0.1) is 0 Å². The standard InChI is InChI=1S/C33H50N10O12/c34-25(47)13-20(43-36)27(49)28(50)22(14-44)38-19-8-4-5-11-37-26(48)10-9-18(29(35)51)39-31(53)21(12-17-6-2-1-3-7-17)40-32(54)23(15-45)42-33(55)24(16-46)41-30(19)52/h1-3,6-7,18-24,38,43-46H,4-5,8-16,36H2,(H2,34,47)(H2,35,51)(H,37,48)(H,39,53)(H,40,54)(H,41,52)(H,42,55)/t18?,19?,20-,21-,22-,23?,24-/m0/s1. The minimum Gasteiger partial charge on any atom is -0.394 e. The Balaban J connectivity index is 2.42. The summed E-state index contributed by atoms with van der Waals surface area (Å²) >= 11 is 0. The van der Waals surface area contributed by atoms with Crippen LogP contribution in [-0.4, -0.2) is 137 Å². The molecule has 1 saturated heterocycles. The van der Waals surface area contributed by atoms with Crippen molar-refractivity contribution in [3.05, 3.63) is 35.9 Å². The van der Waals surface area contributed by atoms with Gasteiger partial charge in [0.05, 0.1) is 44.4 Å². The molecule has 1 aromatic carbocycles. The Morgan fingerprint density at radius 3 is 1.85 bits per heavy atom. The minimum absolute atomic E-state index is 0.0635. The van der Waals surface area contributed by atoms with Crippen LogP contribution in [0.3, 0.4) is 0 Å². The molecule has 3 unspecified atom stereocenters. The van der Waals surface area contributed by atoms with Crippen molar-refractivity contribution in [2.75, 3.05) is 26.4 Å². The summed E-state index contributed by atoms with van der Waals surface area (Å²) in [6.45, 7) is -2.98. The number of aliphatic hydroxyl groups is 3. The highest BCUT2D eigenvalue weighted by atomic mass is 16.3. The van der Waals surface area contributed by atoms with Crippen LogP contribution in [0.1, 0.15) is 44.1 Å². The second-order valence-electron chi connectivity index (χ2n) is 12.7. The van der Waals surface area contributed by atoms with Gasteiger partial charge in [0.2, 0.25) is 52.9 Å². The predicted octanol–water partition coefficient (Wildman–Crippen LogP) is -7.12. The maximum Gasteiger partial charge on any atom is 0.245 e. The van der Waals surface area contributed by atoms with Crippen molar-refractivity contribution in [3.8, 4) is 0 Å². The van der Waals surface area contributed by atoms with E-state index in [-0.39, 0.29) is 45.1 Å². The fraction of sp³-hybridized carbons (Fsp3) is 0.545. The van der Waals surface area contributed by atoms with Crippen LogP contribution in [0.5, 0.6) is 0 Å². The normalized spacial score (nSPS) is 23.6. The molecule has 0 saturated carbocycles. The maximum absolute atomic E-state index is 13.5. The third-order valence-corrected chi connectivity index (χ3v) is 8.49. The molecule has 22 nitrogen and oxygen atoms in total. The molecule has 1 aromatic rings. The molecule has 0 radical (unpaired) electrons. The summed E-state index contributed by atoms with van der Waals surface area (Å²) in [5.74, 6) is -3.73. The van der Waals surface area contributed by atoms with Crippen molar-refractivity contribution in [1.82, 2.24) is 37.3 Å². The monoisotopic (exact) mass is 778 g/mol. The summed E-state index contributed by atoms with van der Waals surface area (Å²) in [4.78, 5) is 115. The van der Waals surface area contributed by atoms with Crippen LogP contribution in [0.4, 0.5) is 0 Å². The number of hydrogen-bond donors (Lipinski definition) is 13. The molecule has 0 aromatic heterocycles. The SMILES string of the molecule is NN[C@@H](CC(N)=O)C(=O)C(=O)[C@H](CO)NC1CCCCNC(=O)CCC(C(N)=O)NC(=O)[C@H](Cc2ccccc2)NC(=O)C(CO)NC(=O)[C@H](CO)NC1=O. The van der Waals surface area contributed by atoms with E-state index in [1.165, 1.54) is 0 Å². The number of Topliss-reactive ketones (excluding diaryl/α,β-unsaturated/α-hetero) is 2. The first kappa shape index (κ1) is 45.8. The van der Waals surface area contributed by atoms with Gasteiger partial charge in [0, 0.05) is 19.4 Å². The number of nitrogens with two attached hydrogens (primary N) is 3. The van der Waals surface area contributed by atoms with E-state index in [1.54, 1.807) is 30.3 Å². The van der Waals surface area contributed by atoms with Crippen LogP contribution >= 0.6 is 0 Å². The van der Waals surface area contributed by atoms with Crippen LogP contribution in [0.2, 0.25) is 0 Å². The number of carbonyl (C=O) groups is 9. The van der Waals surface area contributed by atoms with Gasteiger partial charge in [-0.2, -0.15) is 0 Å². The maximum atomic E-state index is 13.5. The highest BCUT2D eigenvalue weighted by Gasteiger charge is 2.36. The topological polar surface area (TPSA) is 377 Å². The molecule has 2 rings (SSSR count). The Morgan fingerprint density at radius 1 is 0.745 bits per heavy atom. The lowest BCUT2D eigenvalue weighted by Crippen LogP contribution is -2.61. The van der Waals surface area contributed by atoms with Crippen molar-refractivity contribution in [2.24, 2.45) is 17.3 Å². The quantitative estimate of drug-likeness (QED) is 0.0474. The van der Waals surface area contributed by atoms with E-state index in [0.717, 1.165) is 0 Å². The Kier molecular flexibility index (Phi) is 19.5. The zero-order valence-corrected chi connectivity index (χ0v) is 30.0. The number of carbonyl (C=O) groups excluding carboxylic acids is 9. The first-order valence-electron chi connectivity index (χ1n) is 17.4. The molecule has 55 heavy (non-hydrogen) atoms. The van der Waals surface area contributed by atoms with Crippen LogP contribution in [-0.2, 0) is 49.6 Å². The van der Waals surface area contributed by atoms with E-state index >= 15 is 0 Å². The Bertz CT molecular complexity index is 1530. The van der Waals surface area contributed by atoms with Gasteiger partial charge in [-0.1, -0.05) is 30.3 Å². The van der Waals surface area contributed by atoms with Crippen LogP contribution < -0.4 is 54.6 Å². The van der Waals surface area contributed by atoms with E-state index in [9.17, 15) is 58.5 Å². The number of aliphatic hydroxyl groups excluding tert-OH is 3. The van der Waals surface area contributed by atoms with Gasteiger partial charge in [-0.05, 0) is 31.2 Å². The molecule has 7 amide bonds. The summed E-state index contributed by atoms with van der Waals surface area (Å²) in [6.07, 6.45) is -0.960. The summed E-state index contributed by atoms with van der Waals surface area (Å²) < 4.78 is 0. The molecule has 1 aliphatic rings. The average Bonchev–Trinajstić information content (AvgIpc) is 3.16. The first-order valence-corrected chi connectivity index (χ1v) is 17.4. The highest BCUT2D eigenvalue weighted by molar-refractivity contribution is 6.41. The van der Waals surface area contributed by atoms with Gasteiger partial charge in [0.1, 0.15) is 24.2 Å². The average molecular weight is 779 g/mol. The third kappa shape index (κ3) is 15.1. The highest BCUT2D eigenvalue weighted by Crippen LogP contribution is 2.09.